The molecule has 3 aliphatic heterocycles. The number of hydrogen-bond acceptors (Lipinski definition) is 6. The average molecular weight is 493 g/mol. The molecule has 8 nitrogen and oxygen atoms in total. The van der Waals surface area contributed by atoms with Crippen molar-refractivity contribution in [2.75, 3.05) is 26.3 Å². The summed E-state index contributed by atoms with van der Waals surface area (Å²) in [4.78, 5) is 44.9. The molecule has 6 atom stereocenters. The van der Waals surface area contributed by atoms with Crippen LogP contribution in [0.2, 0.25) is 0 Å². The molecule has 1 N–H and O–H groups in total. The highest BCUT2D eigenvalue weighted by Gasteiger charge is 2.79. The van der Waals surface area contributed by atoms with E-state index in [0.717, 1.165) is 19.3 Å². The molecule has 0 aromatic rings. The summed E-state index contributed by atoms with van der Waals surface area (Å²) in [5.41, 5.74) is -1.91. The van der Waals surface area contributed by atoms with E-state index in [0.29, 0.717) is 32.4 Å². The van der Waals surface area contributed by atoms with Crippen molar-refractivity contribution in [3.63, 3.8) is 0 Å². The van der Waals surface area contributed by atoms with Crippen molar-refractivity contribution in [1.82, 2.24) is 9.80 Å². The second kappa shape index (κ2) is 11.0. The van der Waals surface area contributed by atoms with E-state index in [2.05, 4.69) is 13.5 Å². The van der Waals surface area contributed by atoms with Crippen LogP contribution in [0.3, 0.4) is 0 Å². The van der Waals surface area contributed by atoms with E-state index in [1.807, 2.05) is 20.8 Å². The molecule has 2 amide bonds. The second-order valence-corrected chi connectivity index (χ2v) is 10.6. The first-order valence-corrected chi connectivity index (χ1v) is 13.4. The van der Waals surface area contributed by atoms with Crippen LogP contribution in [-0.2, 0) is 23.9 Å². The smallest absolute Gasteiger partial charge is 0.312 e. The molecule has 3 saturated heterocycles. The standard InChI is InChI=1S/C27H44N2O6/c1-7-11-12-16-28(15-8-2)24(32)22-27-14-13-26(9-3,35-27)21(25(33)34-10-4)20(27)23(31)29(22)19(17-30)18(5)6/h8,18-22,30H,2,7,9-17H2,1,3-6H3/t19-,20-,21-,22?,26+,27?/m0/s1. The number of hydrogen-bond donors (Lipinski definition) is 1. The van der Waals surface area contributed by atoms with Gasteiger partial charge in [-0.15, -0.1) is 6.58 Å². The molecule has 2 bridgehead atoms. The highest BCUT2D eigenvalue weighted by atomic mass is 16.6. The Balaban J connectivity index is 2.12. The summed E-state index contributed by atoms with van der Waals surface area (Å²) in [5, 5.41) is 10.3. The number of unbranched alkanes of at least 4 members (excludes halogenated alkanes) is 2. The third-order valence-corrected chi connectivity index (χ3v) is 8.40. The Hall–Kier alpha value is -1.93. The van der Waals surface area contributed by atoms with Crippen molar-refractivity contribution in [3.8, 4) is 0 Å². The van der Waals surface area contributed by atoms with Gasteiger partial charge in [-0.3, -0.25) is 14.4 Å². The Morgan fingerprint density at radius 3 is 2.54 bits per heavy atom. The van der Waals surface area contributed by atoms with E-state index >= 15 is 0 Å². The van der Waals surface area contributed by atoms with Gasteiger partial charge in [-0.25, -0.2) is 0 Å². The molecule has 198 valence electrons. The number of carbonyl (C=O) groups is 3. The van der Waals surface area contributed by atoms with Crippen LogP contribution in [0.5, 0.6) is 0 Å². The first-order chi connectivity index (χ1) is 16.7. The van der Waals surface area contributed by atoms with E-state index in [1.54, 1.807) is 22.8 Å². The van der Waals surface area contributed by atoms with Crippen LogP contribution in [0.15, 0.2) is 12.7 Å². The quantitative estimate of drug-likeness (QED) is 0.241. The van der Waals surface area contributed by atoms with Gasteiger partial charge in [-0.1, -0.05) is 46.6 Å². The summed E-state index contributed by atoms with van der Waals surface area (Å²) in [6.45, 7) is 14.4. The average Bonchev–Trinajstić information content (AvgIpc) is 3.43. The van der Waals surface area contributed by atoms with Crippen LogP contribution in [0.4, 0.5) is 0 Å². The van der Waals surface area contributed by atoms with Gasteiger partial charge < -0.3 is 24.4 Å². The molecule has 0 aromatic heterocycles. The van der Waals surface area contributed by atoms with E-state index in [4.69, 9.17) is 9.47 Å². The molecule has 35 heavy (non-hydrogen) atoms. The largest absolute Gasteiger partial charge is 0.466 e. The lowest BCUT2D eigenvalue weighted by atomic mass is 9.65. The third-order valence-electron chi connectivity index (χ3n) is 8.40. The van der Waals surface area contributed by atoms with Gasteiger partial charge in [0.05, 0.1) is 30.8 Å². The number of aliphatic hydroxyl groups is 1. The second-order valence-electron chi connectivity index (χ2n) is 10.6. The number of amides is 2. The molecule has 3 rings (SSSR count). The van der Waals surface area contributed by atoms with Crippen molar-refractivity contribution in [2.24, 2.45) is 17.8 Å². The predicted molar refractivity (Wildman–Crippen MR) is 132 cm³/mol. The molecule has 0 radical (unpaired) electrons. The maximum absolute atomic E-state index is 14.3. The number of fused-ring (bicyclic) bond motifs is 1. The summed E-state index contributed by atoms with van der Waals surface area (Å²) in [6.07, 6.45) is 6.25. The van der Waals surface area contributed by atoms with E-state index < -0.39 is 41.1 Å². The van der Waals surface area contributed by atoms with Gasteiger partial charge in [-0.2, -0.15) is 0 Å². The number of aliphatic hydroxyl groups excluding tert-OH is 1. The van der Waals surface area contributed by atoms with Gasteiger partial charge in [0, 0.05) is 13.1 Å². The molecular formula is C27H44N2O6. The lowest BCUT2D eigenvalue weighted by Gasteiger charge is -2.40. The number of likely N-dealkylation sites (tertiary alicyclic amines) is 1. The van der Waals surface area contributed by atoms with Crippen LogP contribution < -0.4 is 0 Å². The molecule has 3 heterocycles. The fraction of sp³-hybridized carbons (Fsp3) is 0.815. The first kappa shape index (κ1) is 27.7. The van der Waals surface area contributed by atoms with Gasteiger partial charge in [0.1, 0.15) is 17.6 Å². The summed E-state index contributed by atoms with van der Waals surface area (Å²) < 4.78 is 12.2. The summed E-state index contributed by atoms with van der Waals surface area (Å²) in [6, 6.07) is -1.45. The fourth-order valence-electron chi connectivity index (χ4n) is 6.68. The molecule has 0 saturated carbocycles. The van der Waals surface area contributed by atoms with E-state index in [1.165, 1.54) is 0 Å². The Morgan fingerprint density at radius 2 is 2.00 bits per heavy atom. The zero-order valence-corrected chi connectivity index (χ0v) is 22.1. The molecule has 3 fully saturated rings. The van der Waals surface area contributed by atoms with Crippen molar-refractivity contribution in [2.45, 2.75) is 96.4 Å². The van der Waals surface area contributed by atoms with Crippen LogP contribution in [-0.4, -0.2) is 82.3 Å². The number of esters is 1. The topological polar surface area (TPSA) is 96.4 Å². The van der Waals surface area contributed by atoms with Gasteiger partial charge >= 0.3 is 5.97 Å². The number of rotatable bonds is 13. The number of ether oxygens (including phenoxy) is 2. The molecule has 2 unspecified atom stereocenters. The lowest BCUT2D eigenvalue weighted by Crippen LogP contribution is -2.59. The van der Waals surface area contributed by atoms with Crippen molar-refractivity contribution in [3.05, 3.63) is 12.7 Å². The van der Waals surface area contributed by atoms with Gasteiger partial charge in [-0.05, 0) is 38.5 Å². The Labute approximate surface area is 210 Å². The SMILES string of the molecule is C=CCN(CCCCC)C(=O)C1N([C@@H](CO)C(C)C)C(=O)[C@@H]2[C@@H](C(=O)OCC)[C@@]3(CC)CCC12O3. The minimum Gasteiger partial charge on any atom is -0.466 e. The van der Waals surface area contributed by atoms with Crippen LogP contribution in [0.1, 0.15) is 73.1 Å². The Morgan fingerprint density at radius 1 is 1.29 bits per heavy atom. The van der Waals surface area contributed by atoms with E-state index in [-0.39, 0.29) is 30.9 Å². The molecule has 0 aliphatic carbocycles. The predicted octanol–water partition coefficient (Wildman–Crippen LogP) is 2.93. The molecule has 8 heteroatoms. The highest BCUT2D eigenvalue weighted by Crippen LogP contribution is 2.65. The zero-order chi connectivity index (χ0) is 26.0. The molecular weight excluding hydrogens is 448 g/mol. The minimum absolute atomic E-state index is 0.0826. The third kappa shape index (κ3) is 4.41. The summed E-state index contributed by atoms with van der Waals surface area (Å²) in [7, 11) is 0. The van der Waals surface area contributed by atoms with Crippen LogP contribution >= 0.6 is 0 Å². The van der Waals surface area contributed by atoms with Gasteiger partial charge in [0.15, 0.2) is 0 Å². The van der Waals surface area contributed by atoms with Crippen molar-refractivity contribution < 1.29 is 29.0 Å². The van der Waals surface area contributed by atoms with Gasteiger partial charge in [0.2, 0.25) is 11.8 Å². The lowest BCUT2D eigenvalue weighted by molar-refractivity contribution is -0.164. The van der Waals surface area contributed by atoms with Crippen molar-refractivity contribution in [1.29, 1.82) is 0 Å². The maximum atomic E-state index is 14.3. The first-order valence-electron chi connectivity index (χ1n) is 13.4. The molecule has 0 aromatic carbocycles. The molecule has 1 spiro atoms. The zero-order valence-electron chi connectivity index (χ0n) is 22.1. The highest BCUT2D eigenvalue weighted by molar-refractivity contribution is 5.98. The Bertz CT molecular complexity index is 815. The van der Waals surface area contributed by atoms with Crippen molar-refractivity contribution >= 4 is 17.8 Å². The number of carbonyl (C=O) groups excluding carboxylic acids is 3. The van der Waals surface area contributed by atoms with Crippen LogP contribution in [0.25, 0.3) is 0 Å². The van der Waals surface area contributed by atoms with E-state index in [9.17, 15) is 19.5 Å². The van der Waals surface area contributed by atoms with Crippen LogP contribution in [0, 0.1) is 17.8 Å². The monoisotopic (exact) mass is 492 g/mol. The number of nitrogens with zero attached hydrogens (tertiary/aromatic N) is 2. The minimum atomic E-state index is -1.10. The summed E-state index contributed by atoms with van der Waals surface area (Å²) in [5.74, 6) is -2.53. The molecule has 3 aliphatic rings. The summed E-state index contributed by atoms with van der Waals surface area (Å²) >= 11 is 0. The maximum Gasteiger partial charge on any atom is 0.312 e. The Kier molecular flexibility index (Phi) is 8.69. The normalized spacial score (nSPS) is 32.1. The fourth-order valence-corrected chi connectivity index (χ4v) is 6.68. The van der Waals surface area contributed by atoms with Gasteiger partial charge in [0.25, 0.3) is 0 Å².